The Hall–Kier alpha value is -2.61. The number of rotatable bonds is 2. The molecule has 0 saturated heterocycles. The molecule has 21 heavy (non-hydrogen) atoms. The van der Waals surface area contributed by atoms with Crippen molar-refractivity contribution in [2.45, 2.75) is 25.8 Å². The Bertz CT molecular complexity index is 830. The van der Waals surface area contributed by atoms with Gasteiger partial charge in [0, 0.05) is 16.5 Å². The van der Waals surface area contributed by atoms with Crippen molar-refractivity contribution in [1.82, 2.24) is 4.57 Å². The van der Waals surface area contributed by atoms with Crippen LogP contribution < -0.4 is 5.56 Å². The summed E-state index contributed by atoms with van der Waals surface area (Å²) in [7, 11) is 0. The van der Waals surface area contributed by atoms with Crippen LogP contribution in [-0.2, 0) is 16.0 Å². The number of ether oxygens (including phenoxy) is 1. The van der Waals surface area contributed by atoms with Crippen molar-refractivity contribution in [3.63, 3.8) is 0 Å². The highest BCUT2D eigenvalue weighted by molar-refractivity contribution is 5.89. The summed E-state index contributed by atoms with van der Waals surface area (Å²) in [6.45, 7) is 2.01. The molecule has 106 valence electrons. The fourth-order valence-corrected chi connectivity index (χ4v) is 2.98. The number of fused-ring (bicyclic) bond motifs is 2. The van der Waals surface area contributed by atoms with Crippen molar-refractivity contribution in [3.8, 4) is 6.07 Å². The second kappa shape index (κ2) is 5.06. The molecule has 1 aromatic carbocycles. The fourth-order valence-electron chi connectivity index (χ4n) is 2.98. The van der Waals surface area contributed by atoms with Crippen LogP contribution in [0.4, 0.5) is 0 Å². The van der Waals surface area contributed by atoms with Gasteiger partial charge in [-0.1, -0.05) is 18.2 Å². The monoisotopic (exact) mass is 282 g/mol. The minimum Gasteiger partial charge on any atom is -0.464 e. The van der Waals surface area contributed by atoms with E-state index in [-0.39, 0.29) is 12.2 Å². The quantitative estimate of drug-likeness (QED) is 0.789. The Kier molecular flexibility index (Phi) is 3.22. The SMILES string of the molecule is CCOC(=O)[C@@H]1CCc2c(C#N)c3ccccc3c(=O)n21. The van der Waals surface area contributed by atoms with Crippen LogP contribution in [0.5, 0.6) is 0 Å². The number of pyridine rings is 1. The summed E-state index contributed by atoms with van der Waals surface area (Å²) in [5, 5.41) is 10.6. The standard InChI is InChI=1S/C16H14N2O3/c1-2-21-16(20)14-8-7-13-12(9-17)10-5-3-4-6-11(10)15(19)18(13)14/h3-6,14H,2,7-8H2,1H3/t14-/m0/s1. The van der Waals surface area contributed by atoms with E-state index in [1.165, 1.54) is 4.57 Å². The predicted octanol–water partition coefficient (Wildman–Crippen LogP) is 1.92. The minimum absolute atomic E-state index is 0.227. The van der Waals surface area contributed by atoms with Gasteiger partial charge in [0.25, 0.3) is 5.56 Å². The van der Waals surface area contributed by atoms with Crippen LogP contribution in [0, 0.1) is 11.3 Å². The Morgan fingerprint density at radius 2 is 2.14 bits per heavy atom. The molecule has 0 unspecified atom stereocenters. The molecule has 1 aliphatic rings. The van der Waals surface area contributed by atoms with Crippen LogP contribution >= 0.6 is 0 Å². The normalized spacial score (nSPS) is 16.5. The molecule has 0 radical (unpaired) electrons. The zero-order valence-electron chi connectivity index (χ0n) is 11.6. The molecular formula is C16H14N2O3. The maximum Gasteiger partial charge on any atom is 0.329 e. The van der Waals surface area contributed by atoms with Gasteiger partial charge in [-0.3, -0.25) is 9.36 Å². The lowest BCUT2D eigenvalue weighted by Gasteiger charge is -2.15. The number of carbonyl (C=O) groups is 1. The molecule has 5 heteroatoms. The van der Waals surface area contributed by atoms with Crippen molar-refractivity contribution < 1.29 is 9.53 Å². The Morgan fingerprint density at radius 3 is 2.81 bits per heavy atom. The lowest BCUT2D eigenvalue weighted by atomic mass is 10.0. The Balaban J connectivity index is 2.31. The molecule has 0 N–H and O–H groups in total. The van der Waals surface area contributed by atoms with E-state index >= 15 is 0 Å². The van der Waals surface area contributed by atoms with E-state index in [1.54, 1.807) is 31.2 Å². The fraction of sp³-hybridized carbons (Fsp3) is 0.312. The molecular weight excluding hydrogens is 268 g/mol. The van der Waals surface area contributed by atoms with Crippen molar-refractivity contribution in [3.05, 3.63) is 45.9 Å². The lowest BCUT2D eigenvalue weighted by molar-refractivity contribution is -0.146. The second-order valence-electron chi connectivity index (χ2n) is 4.96. The topological polar surface area (TPSA) is 72.1 Å². The van der Waals surface area contributed by atoms with Gasteiger partial charge in [-0.15, -0.1) is 0 Å². The van der Waals surface area contributed by atoms with E-state index in [2.05, 4.69) is 6.07 Å². The summed E-state index contributed by atoms with van der Waals surface area (Å²) in [6.07, 6.45) is 1.03. The number of aromatic nitrogens is 1. The Labute approximate surface area is 121 Å². The largest absolute Gasteiger partial charge is 0.464 e. The number of nitriles is 1. The number of carbonyl (C=O) groups excluding carboxylic acids is 1. The molecule has 0 aliphatic carbocycles. The third-order valence-electron chi connectivity index (χ3n) is 3.86. The summed E-state index contributed by atoms with van der Waals surface area (Å²) in [5.74, 6) is -0.405. The van der Waals surface area contributed by atoms with E-state index in [1.807, 2.05) is 0 Å². The average Bonchev–Trinajstić information content (AvgIpc) is 2.93. The van der Waals surface area contributed by atoms with Crippen molar-refractivity contribution in [2.75, 3.05) is 6.61 Å². The third-order valence-corrected chi connectivity index (χ3v) is 3.86. The first-order valence-electron chi connectivity index (χ1n) is 6.92. The van der Waals surface area contributed by atoms with E-state index in [0.717, 1.165) is 0 Å². The van der Waals surface area contributed by atoms with Crippen LogP contribution in [0.15, 0.2) is 29.1 Å². The molecule has 1 atom stereocenters. The number of nitrogens with zero attached hydrogens (tertiary/aromatic N) is 2. The first-order chi connectivity index (χ1) is 10.2. The minimum atomic E-state index is -0.621. The number of esters is 1. The van der Waals surface area contributed by atoms with Gasteiger partial charge in [-0.2, -0.15) is 5.26 Å². The van der Waals surface area contributed by atoms with Gasteiger partial charge in [0.15, 0.2) is 0 Å². The van der Waals surface area contributed by atoms with Gasteiger partial charge in [-0.25, -0.2) is 4.79 Å². The molecule has 1 aliphatic heterocycles. The van der Waals surface area contributed by atoms with Crippen LogP contribution in [0.2, 0.25) is 0 Å². The van der Waals surface area contributed by atoms with Gasteiger partial charge >= 0.3 is 5.97 Å². The average molecular weight is 282 g/mol. The summed E-state index contributed by atoms with van der Waals surface area (Å²) in [6, 6.07) is 8.57. The van der Waals surface area contributed by atoms with Gasteiger partial charge in [0.2, 0.25) is 0 Å². The molecule has 1 aromatic heterocycles. The first-order valence-corrected chi connectivity index (χ1v) is 6.92. The second-order valence-corrected chi connectivity index (χ2v) is 4.96. The highest BCUT2D eigenvalue weighted by atomic mass is 16.5. The smallest absolute Gasteiger partial charge is 0.329 e. The number of hydrogen-bond acceptors (Lipinski definition) is 4. The van der Waals surface area contributed by atoms with E-state index in [0.29, 0.717) is 34.9 Å². The van der Waals surface area contributed by atoms with Crippen LogP contribution in [0.1, 0.15) is 30.6 Å². The molecule has 0 spiro atoms. The molecule has 0 bridgehead atoms. The Morgan fingerprint density at radius 1 is 1.43 bits per heavy atom. The summed E-state index contributed by atoms with van der Waals surface area (Å²) in [4.78, 5) is 24.7. The van der Waals surface area contributed by atoms with Crippen molar-refractivity contribution >= 4 is 16.7 Å². The van der Waals surface area contributed by atoms with Crippen LogP contribution in [0.25, 0.3) is 10.8 Å². The van der Waals surface area contributed by atoms with E-state index in [4.69, 9.17) is 4.74 Å². The van der Waals surface area contributed by atoms with E-state index < -0.39 is 12.0 Å². The molecule has 0 fully saturated rings. The molecule has 0 amide bonds. The van der Waals surface area contributed by atoms with Gasteiger partial charge in [0.1, 0.15) is 12.1 Å². The maximum atomic E-state index is 12.7. The summed E-state index contributed by atoms with van der Waals surface area (Å²) < 4.78 is 6.48. The van der Waals surface area contributed by atoms with Crippen LogP contribution in [0.3, 0.4) is 0 Å². The van der Waals surface area contributed by atoms with Gasteiger partial charge in [-0.05, 0) is 25.8 Å². The van der Waals surface area contributed by atoms with Gasteiger partial charge < -0.3 is 4.74 Å². The molecule has 3 rings (SSSR count). The summed E-state index contributed by atoms with van der Waals surface area (Å²) in [5.41, 5.74) is 0.895. The van der Waals surface area contributed by atoms with Crippen molar-refractivity contribution in [1.29, 1.82) is 5.26 Å². The van der Waals surface area contributed by atoms with E-state index in [9.17, 15) is 14.9 Å². The highest BCUT2D eigenvalue weighted by Gasteiger charge is 2.33. The zero-order chi connectivity index (χ0) is 15.0. The van der Waals surface area contributed by atoms with Crippen molar-refractivity contribution in [2.24, 2.45) is 0 Å². The molecule has 2 aromatic rings. The molecule has 0 saturated carbocycles. The zero-order valence-corrected chi connectivity index (χ0v) is 11.6. The third kappa shape index (κ3) is 1.91. The van der Waals surface area contributed by atoms with Crippen LogP contribution in [-0.4, -0.2) is 17.1 Å². The molecule has 5 nitrogen and oxygen atoms in total. The first kappa shape index (κ1) is 13.4. The maximum absolute atomic E-state index is 12.7. The number of hydrogen-bond donors (Lipinski definition) is 0. The predicted molar refractivity (Wildman–Crippen MR) is 76.9 cm³/mol. The number of benzene rings is 1. The highest BCUT2D eigenvalue weighted by Crippen LogP contribution is 2.30. The molecule has 2 heterocycles. The van der Waals surface area contributed by atoms with Gasteiger partial charge in [0.05, 0.1) is 12.2 Å². The lowest BCUT2D eigenvalue weighted by Crippen LogP contribution is -2.29. The summed E-state index contributed by atoms with van der Waals surface area (Å²) >= 11 is 0.